The predicted molar refractivity (Wildman–Crippen MR) is 199 cm³/mol. The van der Waals surface area contributed by atoms with E-state index < -0.39 is 5.09 Å². The molecule has 45 heavy (non-hydrogen) atoms. The van der Waals surface area contributed by atoms with Crippen LogP contribution in [0, 0.1) is 16.0 Å². The molecule has 0 aromatic carbocycles. The van der Waals surface area contributed by atoms with Gasteiger partial charge in [0.1, 0.15) is 0 Å². The van der Waals surface area contributed by atoms with E-state index in [1.54, 1.807) is 0 Å². The maximum Gasteiger partial charge on any atom is 0.291 e. The number of hydrogen-bond donors (Lipinski definition) is 2. The molecule has 272 valence electrons. The topological polar surface area (TPSA) is 89.4 Å². The van der Waals surface area contributed by atoms with Gasteiger partial charge in [0.2, 0.25) is 0 Å². The first-order valence-corrected chi connectivity index (χ1v) is 20.5. The minimum absolute atomic E-state index is 0.0916. The SMILES string of the molecule is CCCCCCCCCCCCC(CC)C(N)(CCCCCCCCCCCC)CCCCCCCCCCCC.O=[N+]([O-])O. The van der Waals surface area contributed by atoms with E-state index in [-0.39, 0.29) is 5.54 Å². The van der Waals surface area contributed by atoms with E-state index in [9.17, 15) is 0 Å². The number of hydrogen-bond acceptors (Lipinski definition) is 3. The average Bonchev–Trinajstić information content (AvgIpc) is 3.01. The van der Waals surface area contributed by atoms with Crippen molar-refractivity contribution in [3.63, 3.8) is 0 Å². The average molecular weight is 641 g/mol. The Morgan fingerprint density at radius 2 is 0.711 bits per heavy atom. The van der Waals surface area contributed by atoms with Crippen LogP contribution >= 0.6 is 0 Å². The normalized spacial score (nSPS) is 12.2. The lowest BCUT2D eigenvalue weighted by Gasteiger charge is -2.38. The molecule has 0 aliphatic carbocycles. The molecule has 0 spiro atoms. The second-order valence-corrected chi connectivity index (χ2v) is 14.4. The maximum absolute atomic E-state index is 8.36. The van der Waals surface area contributed by atoms with Crippen molar-refractivity contribution < 1.29 is 10.3 Å². The smallest absolute Gasteiger partial charge is 0.291 e. The van der Waals surface area contributed by atoms with Crippen LogP contribution in [0.2, 0.25) is 0 Å². The fourth-order valence-corrected chi connectivity index (χ4v) is 7.19. The molecule has 0 saturated heterocycles. The van der Waals surface area contributed by atoms with Crippen molar-refractivity contribution in [3.05, 3.63) is 10.1 Å². The number of unbranched alkanes of at least 4 members (excludes halogenated alkanes) is 27. The van der Waals surface area contributed by atoms with Crippen LogP contribution in [0.15, 0.2) is 0 Å². The van der Waals surface area contributed by atoms with Gasteiger partial charge in [-0.15, -0.1) is 10.1 Å². The third-order valence-electron chi connectivity index (χ3n) is 10.2. The summed E-state index contributed by atoms with van der Waals surface area (Å²) in [4.78, 5) is 8.36. The van der Waals surface area contributed by atoms with E-state index in [1.165, 1.54) is 218 Å². The molecule has 1 atom stereocenters. The van der Waals surface area contributed by atoms with E-state index >= 15 is 0 Å². The van der Waals surface area contributed by atoms with Crippen LogP contribution in [-0.2, 0) is 0 Å². The molecule has 0 aliphatic rings. The molecule has 0 radical (unpaired) electrons. The second-order valence-electron chi connectivity index (χ2n) is 14.4. The van der Waals surface area contributed by atoms with Gasteiger partial charge in [0, 0.05) is 5.54 Å². The summed E-state index contributed by atoms with van der Waals surface area (Å²) >= 11 is 0. The lowest BCUT2D eigenvalue weighted by molar-refractivity contribution is -0.742. The fraction of sp³-hybridized carbons (Fsp3) is 1.00. The van der Waals surface area contributed by atoms with Crippen LogP contribution in [-0.4, -0.2) is 15.8 Å². The molecular formula is C40H84N2O3. The monoisotopic (exact) mass is 641 g/mol. The molecule has 0 rings (SSSR count). The lowest BCUT2D eigenvalue weighted by atomic mass is 9.73. The minimum Gasteiger partial charge on any atom is -0.328 e. The maximum atomic E-state index is 8.36. The first-order chi connectivity index (χ1) is 21.9. The Morgan fingerprint density at radius 1 is 0.489 bits per heavy atom. The van der Waals surface area contributed by atoms with Gasteiger partial charge in [-0.3, -0.25) is 0 Å². The zero-order valence-electron chi connectivity index (χ0n) is 31.4. The van der Waals surface area contributed by atoms with Crippen molar-refractivity contribution >= 4 is 0 Å². The van der Waals surface area contributed by atoms with Gasteiger partial charge < -0.3 is 10.9 Å². The van der Waals surface area contributed by atoms with Crippen molar-refractivity contribution in [3.8, 4) is 0 Å². The Labute approximate surface area is 283 Å². The number of rotatable bonds is 35. The van der Waals surface area contributed by atoms with Crippen molar-refractivity contribution in [2.24, 2.45) is 11.7 Å². The van der Waals surface area contributed by atoms with E-state index in [2.05, 4.69) is 27.7 Å². The van der Waals surface area contributed by atoms with Gasteiger partial charge >= 0.3 is 0 Å². The fourth-order valence-electron chi connectivity index (χ4n) is 7.19. The van der Waals surface area contributed by atoms with Crippen LogP contribution in [0.25, 0.3) is 0 Å². The van der Waals surface area contributed by atoms with E-state index in [1.807, 2.05) is 0 Å². The van der Waals surface area contributed by atoms with Crippen molar-refractivity contribution in [1.29, 1.82) is 0 Å². The summed E-state index contributed by atoms with van der Waals surface area (Å²) in [6.45, 7) is 9.37. The molecular weight excluding hydrogens is 556 g/mol. The molecule has 0 aliphatic heterocycles. The third kappa shape index (κ3) is 35.9. The minimum atomic E-state index is -1.50. The molecule has 0 aromatic heterocycles. The standard InChI is InChI=1S/C40H83N.HNO3/c1-5-9-12-15-18-21-24-27-30-33-36-39(8-4)40(41,37-34-31-28-25-22-19-16-13-10-6-2)38-35-32-29-26-23-20-17-14-11-7-3;2-1(3)4/h39H,5-38,41H2,1-4H3;(H,2,3,4). The predicted octanol–water partition coefficient (Wildman–Crippen LogP) is 14.3. The Hall–Kier alpha value is -0.840. The summed E-state index contributed by atoms with van der Waals surface area (Å²) in [5, 5.41) is 13.6. The van der Waals surface area contributed by atoms with Crippen molar-refractivity contribution in [2.75, 3.05) is 0 Å². The van der Waals surface area contributed by atoms with Gasteiger partial charge in [-0.1, -0.05) is 227 Å². The van der Waals surface area contributed by atoms with Gasteiger partial charge in [-0.05, 0) is 25.2 Å². The molecule has 0 fully saturated rings. The van der Waals surface area contributed by atoms with Gasteiger partial charge in [-0.25, -0.2) is 0 Å². The lowest BCUT2D eigenvalue weighted by Crippen LogP contribution is -2.47. The molecule has 5 heteroatoms. The Morgan fingerprint density at radius 3 is 0.956 bits per heavy atom. The van der Waals surface area contributed by atoms with Crippen LogP contribution in [0.3, 0.4) is 0 Å². The molecule has 0 bridgehead atoms. The second kappa shape index (κ2) is 37.6. The summed E-state index contributed by atoms with van der Waals surface area (Å²) in [5.41, 5.74) is 7.48. The van der Waals surface area contributed by atoms with Gasteiger partial charge in [0.25, 0.3) is 5.09 Å². The summed E-state index contributed by atoms with van der Waals surface area (Å²) in [6, 6.07) is 0. The quantitative estimate of drug-likeness (QED) is 0.0410. The van der Waals surface area contributed by atoms with Crippen LogP contribution in [0.4, 0.5) is 0 Å². The highest BCUT2D eigenvalue weighted by Gasteiger charge is 2.32. The molecule has 5 nitrogen and oxygen atoms in total. The molecule has 0 aromatic rings. The summed E-state index contributed by atoms with van der Waals surface area (Å²) < 4.78 is 0. The van der Waals surface area contributed by atoms with Gasteiger partial charge in [-0.2, -0.15) is 0 Å². The first-order valence-electron chi connectivity index (χ1n) is 20.5. The highest BCUT2D eigenvalue weighted by Crippen LogP contribution is 2.34. The number of nitrogens with zero attached hydrogens (tertiary/aromatic N) is 1. The largest absolute Gasteiger partial charge is 0.328 e. The highest BCUT2D eigenvalue weighted by molar-refractivity contribution is 4.90. The van der Waals surface area contributed by atoms with Gasteiger partial charge in [0.05, 0.1) is 0 Å². The Kier molecular flexibility index (Phi) is 38.7. The zero-order chi connectivity index (χ0) is 33.7. The van der Waals surface area contributed by atoms with Crippen LogP contribution in [0.5, 0.6) is 0 Å². The molecule has 1 unspecified atom stereocenters. The molecule has 3 N–H and O–H groups in total. The first kappa shape index (κ1) is 46.3. The van der Waals surface area contributed by atoms with Crippen LogP contribution < -0.4 is 5.73 Å². The Bertz CT molecular complexity index is 544. The molecule has 0 heterocycles. The number of nitrogens with two attached hydrogens (primary N) is 1. The Balaban J connectivity index is 0. The van der Waals surface area contributed by atoms with E-state index in [0.29, 0.717) is 0 Å². The van der Waals surface area contributed by atoms with Crippen molar-refractivity contribution in [2.45, 2.75) is 252 Å². The summed E-state index contributed by atoms with van der Waals surface area (Å²) in [6.07, 6.45) is 48.0. The zero-order valence-corrected chi connectivity index (χ0v) is 31.4. The van der Waals surface area contributed by atoms with E-state index in [4.69, 9.17) is 21.1 Å². The van der Waals surface area contributed by atoms with Crippen LogP contribution in [0.1, 0.15) is 246 Å². The molecule has 0 saturated carbocycles. The highest BCUT2D eigenvalue weighted by atomic mass is 16.9. The van der Waals surface area contributed by atoms with E-state index in [0.717, 1.165) is 5.92 Å². The summed E-state index contributed by atoms with van der Waals surface area (Å²) in [7, 11) is 0. The van der Waals surface area contributed by atoms with Gasteiger partial charge in [0.15, 0.2) is 0 Å². The van der Waals surface area contributed by atoms with Crippen molar-refractivity contribution in [1.82, 2.24) is 0 Å². The third-order valence-corrected chi connectivity index (χ3v) is 10.2. The summed E-state index contributed by atoms with van der Waals surface area (Å²) in [5.74, 6) is 0.730. The molecule has 0 amide bonds.